The predicted octanol–water partition coefficient (Wildman–Crippen LogP) is 1.48. The quantitative estimate of drug-likeness (QED) is 0.737. The molecule has 1 fully saturated rings. The molecule has 0 spiro atoms. The average molecular weight is 324 g/mol. The molecule has 7 nitrogen and oxygen atoms in total. The molecule has 1 aromatic heterocycles. The molecule has 1 heterocycles. The Bertz CT molecular complexity index is 517. The van der Waals surface area contributed by atoms with Crippen LogP contribution in [0.5, 0.6) is 0 Å². The zero-order valence-electron chi connectivity index (χ0n) is 14.3. The van der Waals surface area contributed by atoms with Crippen LogP contribution in [0, 0.1) is 5.41 Å². The van der Waals surface area contributed by atoms with E-state index in [-0.39, 0.29) is 17.6 Å². The Morgan fingerprint density at radius 2 is 2.26 bits per heavy atom. The molecule has 2 rings (SSSR count). The normalized spacial score (nSPS) is 24.7. The number of hydrogen-bond donors (Lipinski definition) is 3. The number of urea groups is 1. The van der Waals surface area contributed by atoms with Crippen molar-refractivity contribution in [2.45, 2.75) is 51.8 Å². The molecule has 2 unspecified atom stereocenters. The van der Waals surface area contributed by atoms with E-state index >= 15 is 0 Å². The summed E-state index contributed by atoms with van der Waals surface area (Å²) in [4.78, 5) is 18.2. The van der Waals surface area contributed by atoms with Crippen molar-refractivity contribution >= 4 is 6.03 Å². The maximum atomic E-state index is 11.9. The first-order chi connectivity index (χ1) is 10.9. The lowest BCUT2D eigenvalue weighted by molar-refractivity contribution is 0.00308. The van der Waals surface area contributed by atoms with E-state index in [1.54, 1.807) is 6.26 Å². The predicted molar refractivity (Wildman–Crippen MR) is 86.7 cm³/mol. The van der Waals surface area contributed by atoms with Crippen molar-refractivity contribution in [2.24, 2.45) is 5.41 Å². The van der Waals surface area contributed by atoms with Gasteiger partial charge in [-0.2, -0.15) is 0 Å². The van der Waals surface area contributed by atoms with Crippen molar-refractivity contribution in [3.8, 4) is 0 Å². The molecular formula is C16H28N4O3. The number of nitrogens with one attached hydrogen (secondary N) is 2. The Morgan fingerprint density at radius 3 is 2.96 bits per heavy atom. The molecular weight excluding hydrogens is 296 g/mol. The fourth-order valence-corrected chi connectivity index (χ4v) is 2.88. The van der Waals surface area contributed by atoms with Gasteiger partial charge in [-0.05, 0) is 26.9 Å². The van der Waals surface area contributed by atoms with E-state index < -0.39 is 0 Å². The standard InChI is InChI=1S/C16H28N4O3/c1-16(7-5-4-6-13(16)21)11-18-15(22)17-8-12-10-23-14(19-12)9-20(2)3/h10,13,21H,4-9,11H2,1-3H3,(H2,17,18,22). The molecule has 2 amide bonds. The van der Waals surface area contributed by atoms with Gasteiger partial charge in [0.05, 0.1) is 24.9 Å². The van der Waals surface area contributed by atoms with Crippen LogP contribution in [-0.2, 0) is 13.1 Å². The molecule has 0 bridgehead atoms. The van der Waals surface area contributed by atoms with Crippen molar-refractivity contribution < 1.29 is 14.3 Å². The van der Waals surface area contributed by atoms with E-state index in [9.17, 15) is 9.90 Å². The highest BCUT2D eigenvalue weighted by Crippen LogP contribution is 2.35. The summed E-state index contributed by atoms with van der Waals surface area (Å²) in [5.74, 6) is 0.630. The van der Waals surface area contributed by atoms with Gasteiger partial charge in [0.2, 0.25) is 5.89 Å². The van der Waals surface area contributed by atoms with Gasteiger partial charge in [-0.3, -0.25) is 0 Å². The highest BCUT2D eigenvalue weighted by molar-refractivity contribution is 5.73. The lowest BCUT2D eigenvalue weighted by Gasteiger charge is -2.38. The summed E-state index contributed by atoms with van der Waals surface area (Å²) in [7, 11) is 3.88. The Balaban J connectivity index is 1.73. The molecule has 23 heavy (non-hydrogen) atoms. The fraction of sp³-hybridized carbons (Fsp3) is 0.750. The number of aliphatic hydroxyl groups excluding tert-OH is 1. The number of rotatable bonds is 6. The first-order valence-electron chi connectivity index (χ1n) is 8.17. The Labute approximate surface area is 137 Å². The topological polar surface area (TPSA) is 90.6 Å². The van der Waals surface area contributed by atoms with Crippen LogP contribution in [0.2, 0.25) is 0 Å². The van der Waals surface area contributed by atoms with E-state index in [1.807, 2.05) is 25.9 Å². The zero-order chi connectivity index (χ0) is 16.9. The van der Waals surface area contributed by atoms with Gasteiger partial charge in [-0.25, -0.2) is 9.78 Å². The number of carbonyl (C=O) groups is 1. The third-order valence-electron chi connectivity index (χ3n) is 4.41. The van der Waals surface area contributed by atoms with E-state index in [4.69, 9.17) is 4.42 Å². The van der Waals surface area contributed by atoms with Crippen molar-refractivity contribution in [3.63, 3.8) is 0 Å². The second-order valence-electron chi connectivity index (χ2n) is 6.92. The van der Waals surface area contributed by atoms with Gasteiger partial charge < -0.3 is 25.1 Å². The first-order valence-corrected chi connectivity index (χ1v) is 8.17. The molecule has 0 saturated heterocycles. The van der Waals surface area contributed by atoms with Crippen LogP contribution in [0.25, 0.3) is 0 Å². The van der Waals surface area contributed by atoms with Crippen LogP contribution in [0.1, 0.15) is 44.2 Å². The number of oxazole rings is 1. The maximum Gasteiger partial charge on any atom is 0.315 e. The van der Waals surface area contributed by atoms with Gasteiger partial charge >= 0.3 is 6.03 Å². The van der Waals surface area contributed by atoms with E-state index in [0.29, 0.717) is 31.2 Å². The highest BCUT2D eigenvalue weighted by atomic mass is 16.3. The van der Waals surface area contributed by atoms with E-state index in [0.717, 1.165) is 25.7 Å². The van der Waals surface area contributed by atoms with Crippen LogP contribution in [0.4, 0.5) is 4.79 Å². The van der Waals surface area contributed by atoms with Gasteiger partial charge in [-0.1, -0.05) is 19.8 Å². The van der Waals surface area contributed by atoms with Crippen molar-refractivity contribution in [2.75, 3.05) is 20.6 Å². The van der Waals surface area contributed by atoms with Crippen LogP contribution >= 0.6 is 0 Å². The minimum atomic E-state index is -0.347. The molecule has 1 aliphatic carbocycles. The van der Waals surface area contributed by atoms with E-state index in [2.05, 4.69) is 15.6 Å². The second-order valence-corrected chi connectivity index (χ2v) is 6.92. The first kappa shape index (κ1) is 17.7. The van der Waals surface area contributed by atoms with Crippen LogP contribution in [0.15, 0.2) is 10.7 Å². The highest BCUT2D eigenvalue weighted by Gasteiger charge is 2.35. The molecule has 0 radical (unpaired) electrons. The van der Waals surface area contributed by atoms with Crippen molar-refractivity contribution in [1.29, 1.82) is 0 Å². The third kappa shape index (κ3) is 5.21. The second kappa shape index (κ2) is 7.79. The minimum absolute atomic E-state index is 0.234. The van der Waals surface area contributed by atoms with Crippen LogP contribution < -0.4 is 10.6 Å². The Hall–Kier alpha value is -1.60. The number of aromatic nitrogens is 1. The lowest BCUT2D eigenvalue weighted by atomic mass is 9.73. The largest absolute Gasteiger partial charge is 0.447 e. The zero-order valence-corrected chi connectivity index (χ0v) is 14.3. The van der Waals surface area contributed by atoms with Gasteiger partial charge in [0.25, 0.3) is 0 Å². The molecule has 2 atom stereocenters. The number of aliphatic hydroxyl groups is 1. The smallest absolute Gasteiger partial charge is 0.315 e. The van der Waals surface area contributed by atoms with E-state index in [1.165, 1.54) is 0 Å². The third-order valence-corrected chi connectivity index (χ3v) is 4.41. The maximum absolute atomic E-state index is 11.9. The summed E-state index contributed by atoms with van der Waals surface area (Å²) >= 11 is 0. The lowest BCUT2D eigenvalue weighted by Crippen LogP contribution is -2.47. The molecule has 0 aliphatic heterocycles. The molecule has 130 valence electrons. The molecule has 1 aromatic rings. The molecule has 0 aromatic carbocycles. The molecule has 3 N–H and O–H groups in total. The number of carbonyl (C=O) groups excluding carboxylic acids is 1. The van der Waals surface area contributed by atoms with Gasteiger partial charge in [-0.15, -0.1) is 0 Å². The number of nitrogens with zero attached hydrogens (tertiary/aromatic N) is 2. The van der Waals surface area contributed by atoms with Gasteiger partial charge in [0.15, 0.2) is 0 Å². The van der Waals surface area contributed by atoms with Crippen molar-refractivity contribution in [3.05, 3.63) is 17.8 Å². The summed E-state index contributed by atoms with van der Waals surface area (Å²) in [5, 5.41) is 15.8. The van der Waals surface area contributed by atoms with Gasteiger partial charge in [0, 0.05) is 12.0 Å². The Kier molecular flexibility index (Phi) is 6.01. The van der Waals surface area contributed by atoms with Crippen LogP contribution in [-0.4, -0.2) is 47.8 Å². The average Bonchev–Trinajstić information content (AvgIpc) is 2.93. The summed E-state index contributed by atoms with van der Waals surface area (Å²) in [6.45, 7) is 3.46. The number of amides is 2. The summed E-state index contributed by atoms with van der Waals surface area (Å²) in [6.07, 6.45) is 5.12. The summed E-state index contributed by atoms with van der Waals surface area (Å²) in [6, 6.07) is -0.249. The SMILES string of the molecule is CN(C)Cc1nc(CNC(=O)NCC2(C)CCCCC2O)co1. The fourth-order valence-electron chi connectivity index (χ4n) is 2.88. The molecule has 1 aliphatic rings. The van der Waals surface area contributed by atoms with Crippen molar-refractivity contribution in [1.82, 2.24) is 20.5 Å². The minimum Gasteiger partial charge on any atom is -0.447 e. The molecule has 1 saturated carbocycles. The van der Waals surface area contributed by atoms with Gasteiger partial charge in [0.1, 0.15) is 6.26 Å². The van der Waals surface area contributed by atoms with Crippen LogP contribution in [0.3, 0.4) is 0 Å². The Morgan fingerprint density at radius 1 is 1.48 bits per heavy atom. The molecule has 7 heteroatoms. The monoisotopic (exact) mass is 324 g/mol. The summed E-state index contributed by atoms with van der Waals surface area (Å²) < 4.78 is 5.34. The summed E-state index contributed by atoms with van der Waals surface area (Å²) in [5.41, 5.74) is 0.462. The number of hydrogen-bond acceptors (Lipinski definition) is 5.